The van der Waals surface area contributed by atoms with Gasteiger partial charge in [0.25, 0.3) is 0 Å². The van der Waals surface area contributed by atoms with Gasteiger partial charge < -0.3 is 19.7 Å². The lowest BCUT2D eigenvalue weighted by molar-refractivity contribution is 0.202. The van der Waals surface area contributed by atoms with Crippen molar-refractivity contribution in [1.29, 1.82) is 0 Å². The molecule has 0 unspecified atom stereocenters. The summed E-state index contributed by atoms with van der Waals surface area (Å²) in [5.74, 6) is 1.71. The molecule has 1 aromatic carbocycles. The molecule has 1 aromatic heterocycles. The molecule has 5 heteroatoms. The van der Waals surface area contributed by atoms with Gasteiger partial charge in [-0.05, 0) is 31.7 Å². The summed E-state index contributed by atoms with van der Waals surface area (Å²) in [5, 5.41) is 3.73. The Morgan fingerprint density at radius 2 is 2.05 bits per heavy atom. The van der Waals surface area contributed by atoms with Crippen molar-refractivity contribution in [3.63, 3.8) is 0 Å². The van der Waals surface area contributed by atoms with Gasteiger partial charge in [-0.3, -0.25) is 0 Å². The first kappa shape index (κ1) is 12.8. The lowest BCUT2D eigenvalue weighted by Crippen LogP contribution is -2.12. The fourth-order valence-corrected chi connectivity index (χ4v) is 2.63. The zero-order chi connectivity index (χ0) is 13.9. The van der Waals surface area contributed by atoms with Crippen LogP contribution in [0.5, 0.6) is 11.5 Å². The van der Waals surface area contributed by atoms with Crippen LogP contribution in [0.2, 0.25) is 0 Å². The van der Waals surface area contributed by atoms with E-state index in [2.05, 4.69) is 5.16 Å². The molecule has 0 spiro atoms. The van der Waals surface area contributed by atoms with Crippen LogP contribution in [-0.4, -0.2) is 18.4 Å². The van der Waals surface area contributed by atoms with Crippen molar-refractivity contribution < 1.29 is 14.0 Å². The largest absolute Gasteiger partial charge is 0.493 e. The van der Waals surface area contributed by atoms with Gasteiger partial charge in [-0.15, -0.1) is 0 Å². The normalized spacial score (nSPS) is 15.4. The van der Waals surface area contributed by atoms with Crippen LogP contribution in [0.3, 0.4) is 0 Å². The standard InChI is InChI=1S/C15H18N2O3/c1-18-13-8-4-7-11(12-9-17-20-15(12)16)14(13)19-10-5-2-3-6-10/h4,7-10H,2-3,5-6,16H2,1H3. The number of nitrogens with zero attached hydrogens (tertiary/aromatic N) is 1. The number of hydrogen-bond acceptors (Lipinski definition) is 5. The average Bonchev–Trinajstić information content (AvgIpc) is 3.11. The number of nitrogens with two attached hydrogens (primary N) is 1. The molecule has 1 aliphatic carbocycles. The zero-order valence-electron chi connectivity index (χ0n) is 11.5. The lowest BCUT2D eigenvalue weighted by Gasteiger charge is -2.18. The Labute approximate surface area is 117 Å². The summed E-state index contributed by atoms with van der Waals surface area (Å²) in [6.07, 6.45) is 6.43. The fourth-order valence-electron chi connectivity index (χ4n) is 2.63. The summed E-state index contributed by atoms with van der Waals surface area (Å²) in [5.41, 5.74) is 7.41. The number of aromatic nitrogens is 1. The van der Waals surface area contributed by atoms with Crippen molar-refractivity contribution >= 4 is 5.88 Å². The van der Waals surface area contributed by atoms with Gasteiger partial charge in [0, 0.05) is 5.56 Å². The van der Waals surface area contributed by atoms with Crippen LogP contribution in [0.15, 0.2) is 28.9 Å². The molecule has 0 atom stereocenters. The third-order valence-electron chi connectivity index (χ3n) is 3.67. The third-order valence-corrected chi connectivity index (χ3v) is 3.67. The van der Waals surface area contributed by atoms with Crippen molar-refractivity contribution in [2.45, 2.75) is 31.8 Å². The van der Waals surface area contributed by atoms with Crippen molar-refractivity contribution in [3.05, 3.63) is 24.4 Å². The number of methoxy groups -OCH3 is 1. The fraction of sp³-hybridized carbons (Fsp3) is 0.400. The highest BCUT2D eigenvalue weighted by atomic mass is 16.5. The number of para-hydroxylation sites is 1. The molecular weight excluding hydrogens is 256 g/mol. The number of nitrogen functional groups attached to an aromatic ring is 1. The van der Waals surface area contributed by atoms with E-state index in [4.69, 9.17) is 19.7 Å². The van der Waals surface area contributed by atoms with E-state index in [0.29, 0.717) is 5.75 Å². The summed E-state index contributed by atoms with van der Waals surface area (Å²) in [6, 6.07) is 5.73. The maximum Gasteiger partial charge on any atom is 0.230 e. The number of ether oxygens (including phenoxy) is 2. The van der Waals surface area contributed by atoms with Gasteiger partial charge >= 0.3 is 0 Å². The van der Waals surface area contributed by atoms with Gasteiger partial charge in [-0.2, -0.15) is 0 Å². The minimum Gasteiger partial charge on any atom is -0.493 e. The van der Waals surface area contributed by atoms with E-state index in [1.54, 1.807) is 13.3 Å². The summed E-state index contributed by atoms with van der Waals surface area (Å²) in [6.45, 7) is 0. The average molecular weight is 274 g/mol. The number of rotatable bonds is 4. The molecule has 0 aliphatic heterocycles. The smallest absolute Gasteiger partial charge is 0.230 e. The quantitative estimate of drug-likeness (QED) is 0.926. The summed E-state index contributed by atoms with van der Waals surface area (Å²) < 4.78 is 16.5. The summed E-state index contributed by atoms with van der Waals surface area (Å²) >= 11 is 0. The maximum atomic E-state index is 6.16. The van der Waals surface area contributed by atoms with Gasteiger partial charge in [0.2, 0.25) is 5.88 Å². The molecule has 1 saturated carbocycles. The first-order valence-corrected chi connectivity index (χ1v) is 6.83. The van der Waals surface area contributed by atoms with E-state index >= 15 is 0 Å². The molecule has 2 N–H and O–H groups in total. The molecule has 106 valence electrons. The van der Waals surface area contributed by atoms with E-state index in [1.165, 1.54) is 12.8 Å². The van der Waals surface area contributed by atoms with Crippen LogP contribution in [0, 0.1) is 0 Å². The van der Waals surface area contributed by atoms with Crippen LogP contribution in [0.25, 0.3) is 11.1 Å². The van der Waals surface area contributed by atoms with E-state index in [9.17, 15) is 0 Å². The molecule has 0 saturated heterocycles. The van der Waals surface area contributed by atoms with Crippen molar-refractivity contribution in [2.75, 3.05) is 12.8 Å². The van der Waals surface area contributed by atoms with E-state index in [1.807, 2.05) is 18.2 Å². The molecule has 0 radical (unpaired) electrons. The lowest BCUT2D eigenvalue weighted by atomic mass is 10.1. The number of hydrogen-bond donors (Lipinski definition) is 1. The van der Waals surface area contributed by atoms with Crippen molar-refractivity contribution in [1.82, 2.24) is 5.16 Å². The number of benzene rings is 1. The first-order chi connectivity index (χ1) is 9.79. The topological polar surface area (TPSA) is 70.5 Å². The molecule has 0 bridgehead atoms. The second kappa shape index (κ2) is 5.45. The summed E-state index contributed by atoms with van der Waals surface area (Å²) in [7, 11) is 1.64. The molecule has 20 heavy (non-hydrogen) atoms. The Balaban J connectivity index is 2.02. The molecule has 1 fully saturated rings. The van der Waals surface area contributed by atoms with Gasteiger partial charge in [0.1, 0.15) is 0 Å². The molecule has 0 amide bonds. The van der Waals surface area contributed by atoms with Crippen molar-refractivity contribution in [3.8, 4) is 22.6 Å². The second-order valence-electron chi connectivity index (χ2n) is 4.96. The highest BCUT2D eigenvalue weighted by Gasteiger charge is 2.22. The molecule has 2 aromatic rings. The van der Waals surface area contributed by atoms with Crippen molar-refractivity contribution in [2.24, 2.45) is 0 Å². The Kier molecular flexibility index (Phi) is 3.50. The monoisotopic (exact) mass is 274 g/mol. The predicted octanol–water partition coefficient (Wildman–Crippen LogP) is 3.25. The van der Waals surface area contributed by atoms with E-state index < -0.39 is 0 Å². The minimum atomic E-state index is 0.242. The van der Waals surface area contributed by atoms with Gasteiger partial charge in [0.05, 0.1) is 25.0 Å². The Hall–Kier alpha value is -2.17. The van der Waals surface area contributed by atoms with Crippen LogP contribution >= 0.6 is 0 Å². The second-order valence-corrected chi connectivity index (χ2v) is 4.96. The zero-order valence-corrected chi connectivity index (χ0v) is 11.5. The minimum absolute atomic E-state index is 0.242. The van der Waals surface area contributed by atoms with E-state index in [0.717, 1.165) is 29.7 Å². The highest BCUT2D eigenvalue weighted by Crippen LogP contribution is 2.41. The van der Waals surface area contributed by atoms with Crippen LogP contribution in [0.4, 0.5) is 5.88 Å². The van der Waals surface area contributed by atoms with Gasteiger partial charge in [-0.25, -0.2) is 0 Å². The molecule has 1 heterocycles. The van der Waals surface area contributed by atoms with Gasteiger partial charge in [-0.1, -0.05) is 17.3 Å². The Morgan fingerprint density at radius 3 is 2.70 bits per heavy atom. The first-order valence-electron chi connectivity index (χ1n) is 6.83. The van der Waals surface area contributed by atoms with Crippen LogP contribution < -0.4 is 15.2 Å². The molecule has 3 rings (SSSR count). The Bertz CT molecular complexity index is 589. The Morgan fingerprint density at radius 1 is 1.25 bits per heavy atom. The predicted molar refractivity (Wildman–Crippen MR) is 75.8 cm³/mol. The number of anilines is 1. The third kappa shape index (κ3) is 2.31. The molecular formula is C15H18N2O3. The molecule has 1 aliphatic rings. The SMILES string of the molecule is COc1cccc(-c2cnoc2N)c1OC1CCCC1. The molecule has 5 nitrogen and oxygen atoms in total. The van der Waals surface area contributed by atoms with Crippen LogP contribution in [-0.2, 0) is 0 Å². The van der Waals surface area contributed by atoms with Crippen LogP contribution in [0.1, 0.15) is 25.7 Å². The van der Waals surface area contributed by atoms with Gasteiger partial charge in [0.15, 0.2) is 11.5 Å². The highest BCUT2D eigenvalue weighted by molar-refractivity contribution is 5.79. The van der Waals surface area contributed by atoms with E-state index in [-0.39, 0.29) is 12.0 Å². The maximum absolute atomic E-state index is 6.16. The summed E-state index contributed by atoms with van der Waals surface area (Å²) in [4.78, 5) is 0.